The lowest BCUT2D eigenvalue weighted by molar-refractivity contribution is 0.146. The molecule has 0 spiro atoms. The van der Waals surface area contributed by atoms with E-state index >= 15 is 0 Å². The highest BCUT2D eigenvalue weighted by Gasteiger charge is 2.41. The molecule has 0 aliphatic carbocycles. The zero-order chi connectivity index (χ0) is 21.1. The second kappa shape index (κ2) is 9.04. The van der Waals surface area contributed by atoms with Crippen molar-refractivity contribution in [2.45, 2.75) is 12.1 Å². The number of anilines is 1. The molecule has 1 aromatic carbocycles. The number of halogens is 1. The molecule has 3 aromatic rings. The van der Waals surface area contributed by atoms with Crippen LogP contribution in [-0.4, -0.2) is 35.0 Å². The zero-order valence-electron chi connectivity index (χ0n) is 16.8. The molecule has 30 heavy (non-hydrogen) atoms. The molecule has 0 amide bonds. The summed E-state index contributed by atoms with van der Waals surface area (Å²) >= 11 is 12.3. The molecule has 156 valence electrons. The zero-order valence-corrected chi connectivity index (χ0v) is 18.4. The molecule has 2 aromatic heterocycles. The van der Waals surface area contributed by atoms with Gasteiger partial charge in [-0.05, 0) is 54.7 Å². The predicted molar refractivity (Wildman–Crippen MR) is 122 cm³/mol. The van der Waals surface area contributed by atoms with Crippen LogP contribution < -0.4 is 15.0 Å². The number of aryl methyl sites for hydroxylation is 1. The van der Waals surface area contributed by atoms with Gasteiger partial charge in [-0.15, -0.1) is 0 Å². The summed E-state index contributed by atoms with van der Waals surface area (Å²) in [5.74, 6) is 0.618. The number of rotatable bonds is 7. The quantitative estimate of drug-likeness (QED) is 0.435. The number of nitrogens with zero attached hydrogens (tertiary/aromatic N) is 3. The Hall–Kier alpha value is -2.61. The minimum Gasteiger partial charge on any atom is -0.490 e. The van der Waals surface area contributed by atoms with Gasteiger partial charge >= 0.3 is 0 Å². The van der Waals surface area contributed by atoms with E-state index in [1.165, 1.54) is 0 Å². The van der Waals surface area contributed by atoms with Gasteiger partial charge < -0.3 is 24.3 Å². The standard InChI is InChI=1S/C22H23ClN4O2S/c1-26-11-5-7-18(26)21-20(17-6-3-4-10-24-17)25-22(30)27(21)15-8-9-19(16(23)14-15)29-13-12-28-2/h3-11,14,20-21H,12-13H2,1-2H3,(H,25,30)/t20-,21+/m0/s1. The lowest BCUT2D eigenvalue weighted by Crippen LogP contribution is -2.30. The van der Waals surface area contributed by atoms with Crippen molar-refractivity contribution in [1.82, 2.24) is 14.9 Å². The van der Waals surface area contributed by atoms with E-state index in [2.05, 4.69) is 25.8 Å². The van der Waals surface area contributed by atoms with Gasteiger partial charge in [0.25, 0.3) is 0 Å². The Morgan fingerprint density at radius 1 is 1.17 bits per heavy atom. The SMILES string of the molecule is COCCOc1ccc(N2C(=S)N[C@@H](c3ccccn3)[C@H]2c2cccn2C)cc1Cl. The highest BCUT2D eigenvalue weighted by atomic mass is 35.5. The molecule has 0 unspecified atom stereocenters. The van der Waals surface area contributed by atoms with Crippen LogP contribution in [0.1, 0.15) is 23.5 Å². The topological polar surface area (TPSA) is 51.6 Å². The molecule has 1 N–H and O–H groups in total. The second-order valence-electron chi connectivity index (χ2n) is 7.00. The maximum absolute atomic E-state index is 6.52. The van der Waals surface area contributed by atoms with Gasteiger partial charge in [0, 0.05) is 37.9 Å². The molecule has 8 heteroatoms. The summed E-state index contributed by atoms with van der Waals surface area (Å²) in [6.45, 7) is 0.937. The van der Waals surface area contributed by atoms with Crippen molar-refractivity contribution in [3.05, 3.63) is 77.3 Å². The van der Waals surface area contributed by atoms with E-state index in [4.69, 9.17) is 33.3 Å². The Balaban J connectivity index is 1.71. The first-order valence-electron chi connectivity index (χ1n) is 9.63. The first kappa shape index (κ1) is 20.7. The van der Waals surface area contributed by atoms with Gasteiger partial charge in [-0.2, -0.15) is 0 Å². The van der Waals surface area contributed by atoms with Crippen LogP contribution in [-0.2, 0) is 11.8 Å². The third-order valence-electron chi connectivity index (χ3n) is 5.12. The van der Waals surface area contributed by atoms with Crippen LogP contribution in [0.5, 0.6) is 5.75 Å². The second-order valence-corrected chi connectivity index (χ2v) is 7.79. The predicted octanol–water partition coefficient (Wildman–Crippen LogP) is 4.28. The summed E-state index contributed by atoms with van der Waals surface area (Å²) in [4.78, 5) is 6.66. The number of nitrogens with one attached hydrogen (secondary N) is 1. The Morgan fingerprint density at radius 3 is 2.70 bits per heavy atom. The number of thiocarbonyl (C=S) groups is 1. The lowest BCUT2D eigenvalue weighted by atomic mass is 10.0. The van der Waals surface area contributed by atoms with E-state index in [1.807, 2.05) is 55.7 Å². The van der Waals surface area contributed by atoms with Crippen molar-refractivity contribution >= 4 is 34.6 Å². The van der Waals surface area contributed by atoms with Gasteiger partial charge in [-0.1, -0.05) is 17.7 Å². The number of hydrogen-bond acceptors (Lipinski definition) is 4. The van der Waals surface area contributed by atoms with Crippen molar-refractivity contribution in [3.63, 3.8) is 0 Å². The third kappa shape index (κ3) is 4.01. The van der Waals surface area contributed by atoms with Crippen molar-refractivity contribution in [3.8, 4) is 5.75 Å². The Morgan fingerprint density at radius 2 is 2.03 bits per heavy atom. The monoisotopic (exact) mass is 442 g/mol. The summed E-state index contributed by atoms with van der Waals surface area (Å²) in [5.41, 5.74) is 2.94. The van der Waals surface area contributed by atoms with Crippen LogP contribution >= 0.6 is 23.8 Å². The van der Waals surface area contributed by atoms with Crippen LogP contribution in [0, 0.1) is 0 Å². The Labute approximate surface area is 186 Å². The van der Waals surface area contributed by atoms with Crippen molar-refractivity contribution in [2.24, 2.45) is 7.05 Å². The van der Waals surface area contributed by atoms with Crippen LogP contribution in [0.15, 0.2) is 60.9 Å². The van der Waals surface area contributed by atoms with Gasteiger partial charge in [0.15, 0.2) is 5.11 Å². The molecule has 3 heterocycles. The molecule has 2 atom stereocenters. The summed E-state index contributed by atoms with van der Waals surface area (Å²) < 4.78 is 12.8. The molecule has 0 saturated carbocycles. The minimum absolute atomic E-state index is 0.0799. The average molecular weight is 443 g/mol. The van der Waals surface area contributed by atoms with Crippen LogP contribution in [0.2, 0.25) is 5.02 Å². The van der Waals surface area contributed by atoms with Crippen LogP contribution in [0.25, 0.3) is 0 Å². The molecular formula is C22H23ClN4O2S. The number of pyridine rings is 1. The molecule has 1 fully saturated rings. The minimum atomic E-state index is -0.0938. The van der Waals surface area contributed by atoms with E-state index in [-0.39, 0.29) is 12.1 Å². The Bertz CT molecular complexity index is 1030. The van der Waals surface area contributed by atoms with Gasteiger partial charge in [-0.25, -0.2) is 0 Å². The van der Waals surface area contributed by atoms with E-state index in [1.54, 1.807) is 13.3 Å². The first-order valence-corrected chi connectivity index (χ1v) is 10.4. The summed E-state index contributed by atoms with van der Waals surface area (Å²) in [7, 11) is 3.67. The van der Waals surface area contributed by atoms with Crippen LogP contribution in [0.4, 0.5) is 5.69 Å². The summed E-state index contributed by atoms with van der Waals surface area (Å²) in [5, 5.41) is 4.60. The molecular weight excluding hydrogens is 420 g/mol. The fraction of sp³-hybridized carbons (Fsp3) is 0.273. The van der Waals surface area contributed by atoms with Gasteiger partial charge in [-0.3, -0.25) is 4.98 Å². The molecule has 0 bridgehead atoms. The molecule has 6 nitrogen and oxygen atoms in total. The van der Waals surface area contributed by atoms with E-state index in [0.29, 0.717) is 29.1 Å². The third-order valence-corrected chi connectivity index (χ3v) is 5.73. The summed E-state index contributed by atoms with van der Waals surface area (Å²) in [6.07, 6.45) is 3.83. The highest BCUT2D eigenvalue weighted by molar-refractivity contribution is 7.80. The van der Waals surface area contributed by atoms with E-state index in [0.717, 1.165) is 17.1 Å². The van der Waals surface area contributed by atoms with Gasteiger partial charge in [0.05, 0.1) is 23.4 Å². The lowest BCUT2D eigenvalue weighted by Gasteiger charge is -2.28. The molecule has 4 rings (SSSR count). The van der Waals surface area contributed by atoms with Crippen molar-refractivity contribution < 1.29 is 9.47 Å². The van der Waals surface area contributed by atoms with Gasteiger partial charge in [0.2, 0.25) is 0 Å². The average Bonchev–Trinajstić information content (AvgIpc) is 3.32. The molecule has 1 aliphatic rings. The number of hydrogen-bond donors (Lipinski definition) is 1. The highest BCUT2D eigenvalue weighted by Crippen LogP contribution is 2.42. The van der Waals surface area contributed by atoms with Crippen LogP contribution in [0.3, 0.4) is 0 Å². The van der Waals surface area contributed by atoms with Crippen molar-refractivity contribution in [2.75, 3.05) is 25.2 Å². The normalized spacial score (nSPS) is 18.5. The maximum Gasteiger partial charge on any atom is 0.174 e. The van der Waals surface area contributed by atoms with E-state index in [9.17, 15) is 0 Å². The number of ether oxygens (including phenoxy) is 2. The smallest absolute Gasteiger partial charge is 0.174 e. The fourth-order valence-electron chi connectivity index (χ4n) is 3.71. The number of methoxy groups -OCH3 is 1. The Kier molecular flexibility index (Phi) is 6.22. The number of benzene rings is 1. The largest absolute Gasteiger partial charge is 0.490 e. The molecule has 0 radical (unpaired) electrons. The maximum atomic E-state index is 6.52. The van der Waals surface area contributed by atoms with E-state index < -0.39 is 0 Å². The first-order chi connectivity index (χ1) is 14.6. The number of aromatic nitrogens is 2. The molecule has 1 saturated heterocycles. The van der Waals surface area contributed by atoms with Crippen molar-refractivity contribution in [1.29, 1.82) is 0 Å². The fourth-order valence-corrected chi connectivity index (χ4v) is 4.28. The summed E-state index contributed by atoms with van der Waals surface area (Å²) in [6, 6.07) is 15.6. The van der Waals surface area contributed by atoms with Gasteiger partial charge in [0.1, 0.15) is 18.4 Å². The molecule has 1 aliphatic heterocycles.